The number of nitrogens with zero attached hydrogens (tertiary/aromatic N) is 1. The minimum Gasteiger partial charge on any atom is -0.398 e. The molecule has 3 aromatic carbocycles. The maximum Gasteiger partial charge on any atom is 0.260 e. The van der Waals surface area contributed by atoms with Crippen molar-refractivity contribution in [3.05, 3.63) is 94.2 Å². The van der Waals surface area contributed by atoms with Gasteiger partial charge >= 0.3 is 0 Å². The molecule has 0 spiro atoms. The highest BCUT2D eigenvalue weighted by Gasteiger charge is 2.21. The fourth-order valence-corrected chi connectivity index (χ4v) is 2.91. The fourth-order valence-electron chi connectivity index (χ4n) is 2.55. The maximum atomic E-state index is 13.9. The van der Waals surface area contributed by atoms with Crippen LogP contribution in [0.3, 0.4) is 0 Å². The number of nitrogen functional groups attached to an aromatic ring is 1. The van der Waals surface area contributed by atoms with Crippen LogP contribution in [0.15, 0.2) is 77.3 Å². The van der Waals surface area contributed by atoms with Gasteiger partial charge in [0.05, 0.1) is 16.6 Å². The van der Waals surface area contributed by atoms with E-state index in [2.05, 4.69) is 15.9 Å². The zero-order valence-corrected chi connectivity index (χ0v) is 14.9. The molecule has 25 heavy (non-hydrogen) atoms. The monoisotopic (exact) mass is 398 g/mol. The summed E-state index contributed by atoms with van der Waals surface area (Å²) in [4.78, 5) is 14.7. The third kappa shape index (κ3) is 3.88. The second kappa shape index (κ2) is 7.49. The van der Waals surface area contributed by atoms with Gasteiger partial charge in [0.2, 0.25) is 0 Å². The zero-order valence-electron chi connectivity index (χ0n) is 13.3. The number of anilines is 2. The van der Waals surface area contributed by atoms with E-state index in [0.29, 0.717) is 6.54 Å². The number of rotatable bonds is 4. The van der Waals surface area contributed by atoms with Crippen molar-refractivity contribution >= 4 is 33.2 Å². The highest BCUT2D eigenvalue weighted by Crippen LogP contribution is 2.26. The summed E-state index contributed by atoms with van der Waals surface area (Å²) in [5.74, 6) is -0.871. The maximum absolute atomic E-state index is 13.9. The van der Waals surface area contributed by atoms with Crippen molar-refractivity contribution in [3.8, 4) is 0 Å². The van der Waals surface area contributed by atoms with E-state index in [-0.39, 0.29) is 21.6 Å². The largest absolute Gasteiger partial charge is 0.398 e. The van der Waals surface area contributed by atoms with E-state index in [4.69, 9.17) is 5.73 Å². The minimum absolute atomic E-state index is 0.139. The van der Waals surface area contributed by atoms with Crippen molar-refractivity contribution in [3.63, 3.8) is 0 Å². The van der Waals surface area contributed by atoms with Gasteiger partial charge in [0.1, 0.15) is 5.82 Å². The summed E-state index contributed by atoms with van der Waals surface area (Å²) in [6.45, 7) is 0.362. The van der Waals surface area contributed by atoms with Gasteiger partial charge in [-0.3, -0.25) is 4.79 Å². The number of carbonyl (C=O) groups is 1. The molecule has 3 rings (SSSR count). The number of carbonyl (C=O) groups excluding carboxylic acids is 1. The number of halogens is 2. The van der Waals surface area contributed by atoms with Crippen molar-refractivity contribution < 1.29 is 9.18 Å². The molecule has 0 bridgehead atoms. The third-order valence-electron chi connectivity index (χ3n) is 3.82. The average Bonchev–Trinajstić information content (AvgIpc) is 2.64. The Morgan fingerprint density at radius 2 is 1.60 bits per heavy atom. The van der Waals surface area contributed by atoms with E-state index < -0.39 is 5.82 Å². The molecular weight excluding hydrogens is 383 g/mol. The Kier molecular flexibility index (Phi) is 5.14. The smallest absolute Gasteiger partial charge is 0.260 e. The molecule has 0 aliphatic rings. The lowest BCUT2D eigenvalue weighted by Crippen LogP contribution is -2.31. The van der Waals surface area contributed by atoms with Gasteiger partial charge in [-0.1, -0.05) is 48.5 Å². The molecule has 0 aliphatic heterocycles. The molecule has 0 saturated carbocycles. The van der Waals surface area contributed by atoms with E-state index >= 15 is 0 Å². The Balaban J connectivity index is 2.02. The molecule has 0 unspecified atom stereocenters. The molecule has 0 aromatic heterocycles. The van der Waals surface area contributed by atoms with Crippen LogP contribution in [0.5, 0.6) is 0 Å². The van der Waals surface area contributed by atoms with E-state index in [9.17, 15) is 9.18 Å². The van der Waals surface area contributed by atoms with Gasteiger partial charge in [-0.25, -0.2) is 4.39 Å². The molecule has 0 heterocycles. The number of benzene rings is 3. The van der Waals surface area contributed by atoms with Gasteiger partial charge in [-0.2, -0.15) is 0 Å². The number of hydrogen-bond acceptors (Lipinski definition) is 2. The van der Waals surface area contributed by atoms with Crippen molar-refractivity contribution in [1.82, 2.24) is 0 Å². The summed E-state index contributed by atoms with van der Waals surface area (Å²) >= 11 is 3.09. The lowest BCUT2D eigenvalue weighted by molar-refractivity contribution is 0.0985. The molecule has 0 fully saturated rings. The van der Waals surface area contributed by atoms with Crippen LogP contribution in [0.1, 0.15) is 15.9 Å². The normalized spacial score (nSPS) is 10.5. The van der Waals surface area contributed by atoms with Crippen LogP contribution in [0.25, 0.3) is 0 Å². The topological polar surface area (TPSA) is 46.3 Å². The molecule has 3 aromatic rings. The Hall–Kier alpha value is -2.66. The Bertz CT molecular complexity index is 885. The molecular formula is C20H16BrFN2O. The predicted molar refractivity (Wildman–Crippen MR) is 102 cm³/mol. The van der Waals surface area contributed by atoms with Gasteiger partial charge in [0, 0.05) is 11.4 Å². The quantitative estimate of drug-likeness (QED) is 0.627. The second-order valence-electron chi connectivity index (χ2n) is 5.57. The summed E-state index contributed by atoms with van der Waals surface area (Å²) in [5.41, 5.74) is 8.01. The molecule has 1 amide bonds. The number of amides is 1. The fraction of sp³-hybridized carbons (Fsp3) is 0.0500. The van der Waals surface area contributed by atoms with Crippen molar-refractivity contribution in [2.24, 2.45) is 0 Å². The van der Waals surface area contributed by atoms with Gasteiger partial charge < -0.3 is 10.6 Å². The summed E-state index contributed by atoms with van der Waals surface area (Å²) in [6, 6.07) is 21.5. The zero-order chi connectivity index (χ0) is 17.8. The molecule has 126 valence electrons. The van der Waals surface area contributed by atoms with Crippen molar-refractivity contribution in [1.29, 1.82) is 0 Å². The molecule has 0 radical (unpaired) electrons. The Morgan fingerprint density at radius 3 is 2.24 bits per heavy atom. The molecule has 0 atom stereocenters. The van der Waals surface area contributed by atoms with Gasteiger partial charge in [0.15, 0.2) is 0 Å². The van der Waals surface area contributed by atoms with Crippen LogP contribution in [-0.2, 0) is 6.54 Å². The molecule has 0 aliphatic carbocycles. The standard InChI is InChI=1S/C20H16BrFN2O/c21-17-12-19(23)16(11-18(17)22)20(25)24(15-9-5-2-6-10-15)13-14-7-3-1-4-8-14/h1-12H,13,23H2. The van der Waals surface area contributed by atoms with Crippen LogP contribution in [0.4, 0.5) is 15.8 Å². The van der Waals surface area contributed by atoms with Crippen LogP contribution in [-0.4, -0.2) is 5.91 Å². The minimum atomic E-state index is -0.523. The second-order valence-corrected chi connectivity index (χ2v) is 6.42. The summed E-state index contributed by atoms with van der Waals surface area (Å²) in [6.07, 6.45) is 0. The van der Waals surface area contributed by atoms with Crippen LogP contribution >= 0.6 is 15.9 Å². The SMILES string of the molecule is Nc1cc(Br)c(F)cc1C(=O)N(Cc1ccccc1)c1ccccc1. The van der Waals surface area contributed by atoms with Crippen LogP contribution in [0, 0.1) is 5.82 Å². The van der Waals surface area contributed by atoms with E-state index in [1.807, 2.05) is 60.7 Å². The van der Waals surface area contributed by atoms with E-state index in [1.165, 1.54) is 12.1 Å². The Labute approximate surface area is 154 Å². The van der Waals surface area contributed by atoms with E-state index in [1.54, 1.807) is 4.90 Å². The van der Waals surface area contributed by atoms with Crippen LogP contribution < -0.4 is 10.6 Å². The van der Waals surface area contributed by atoms with Crippen molar-refractivity contribution in [2.45, 2.75) is 6.54 Å². The van der Waals surface area contributed by atoms with Gasteiger partial charge in [0.25, 0.3) is 5.91 Å². The van der Waals surface area contributed by atoms with Crippen molar-refractivity contribution in [2.75, 3.05) is 10.6 Å². The molecule has 3 nitrogen and oxygen atoms in total. The molecule has 2 N–H and O–H groups in total. The number of nitrogens with two attached hydrogens (primary N) is 1. The predicted octanol–water partition coefficient (Wildman–Crippen LogP) is 5.02. The Morgan fingerprint density at radius 1 is 1.00 bits per heavy atom. The summed E-state index contributed by atoms with van der Waals surface area (Å²) in [5, 5.41) is 0. The summed E-state index contributed by atoms with van der Waals surface area (Å²) in [7, 11) is 0. The molecule has 5 heteroatoms. The molecule has 0 saturated heterocycles. The highest BCUT2D eigenvalue weighted by molar-refractivity contribution is 9.10. The lowest BCUT2D eigenvalue weighted by Gasteiger charge is -2.24. The first-order valence-corrected chi connectivity index (χ1v) is 8.51. The summed E-state index contributed by atoms with van der Waals surface area (Å²) < 4.78 is 14.2. The van der Waals surface area contributed by atoms with Gasteiger partial charge in [-0.05, 0) is 45.8 Å². The van der Waals surface area contributed by atoms with E-state index in [0.717, 1.165) is 11.3 Å². The first-order chi connectivity index (χ1) is 12.1. The first-order valence-electron chi connectivity index (χ1n) is 7.71. The number of hydrogen-bond donors (Lipinski definition) is 1. The average molecular weight is 399 g/mol. The third-order valence-corrected chi connectivity index (χ3v) is 4.43. The lowest BCUT2D eigenvalue weighted by atomic mass is 10.1. The first kappa shape index (κ1) is 17.2. The van der Waals surface area contributed by atoms with Crippen LogP contribution in [0.2, 0.25) is 0 Å². The van der Waals surface area contributed by atoms with Gasteiger partial charge in [-0.15, -0.1) is 0 Å². The number of para-hydroxylation sites is 1. The highest BCUT2D eigenvalue weighted by atomic mass is 79.9.